The highest BCUT2D eigenvalue weighted by molar-refractivity contribution is 5.85. The Bertz CT molecular complexity index is 244. The number of carbonyl (C=O) groups is 1. The van der Waals surface area contributed by atoms with Crippen molar-refractivity contribution in [1.82, 2.24) is 10.2 Å². The van der Waals surface area contributed by atoms with Crippen molar-refractivity contribution in [3.8, 4) is 0 Å². The van der Waals surface area contributed by atoms with E-state index in [1.807, 2.05) is 11.9 Å². The fourth-order valence-electron chi connectivity index (χ4n) is 2.93. The van der Waals surface area contributed by atoms with Gasteiger partial charge in [0.25, 0.3) is 0 Å². The van der Waals surface area contributed by atoms with E-state index in [-0.39, 0.29) is 5.41 Å². The van der Waals surface area contributed by atoms with Gasteiger partial charge in [-0.1, -0.05) is 13.8 Å². The van der Waals surface area contributed by atoms with Crippen molar-refractivity contribution in [3.63, 3.8) is 0 Å². The largest absolute Gasteiger partial charge is 0.342 e. The molecule has 3 heteroatoms. The average molecular weight is 196 g/mol. The topological polar surface area (TPSA) is 32.3 Å². The Labute approximate surface area is 85.8 Å². The number of hydrogen-bond acceptors (Lipinski definition) is 2. The number of rotatable bonds is 1. The van der Waals surface area contributed by atoms with Gasteiger partial charge in [-0.2, -0.15) is 0 Å². The molecule has 80 valence electrons. The lowest BCUT2D eigenvalue weighted by Gasteiger charge is -2.22. The van der Waals surface area contributed by atoms with Gasteiger partial charge >= 0.3 is 0 Å². The molecule has 3 nitrogen and oxygen atoms in total. The van der Waals surface area contributed by atoms with Crippen LogP contribution in [0, 0.1) is 11.3 Å². The highest BCUT2D eigenvalue weighted by Gasteiger charge is 2.51. The molecule has 0 aromatic heterocycles. The van der Waals surface area contributed by atoms with Crippen LogP contribution >= 0.6 is 0 Å². The first kappa shape index (κ1) is 9.97. The van der Waals surface area contributed by atoms with E-state index >= 15 is 0 Å². The standard InChI is InChI=1S/C11H20N2O/c1-8(2)9-6-11(4-5-12-7-11)10(14)13(9)3/h8-9,12H,4-7H2,1-3H3. The number of hydrogen-bond donors (Lipinski definition) is 1. The van der Waals surface area contributed by atoms with E-state index in [9.17, 15) is 4.79 Å². The van der Waals surface area contributed by atoms with Crippen molar-refractivity contribution in [3.05, 3.63) is 0 Å². The summed E-state index contributed by atoms with van der Waals surface area (Å²) in [6.07, 6.45) is 2.08. The number of nitrogens with one attached hydrogen (secondary N) is 1. The van der Waals surface area contributed by atoms with E-state index in [2.05, 4.69) is 19.2 Å². The Morgan fingerprint density at radius 1 is 1.57 bits per heavy atom. The van der Waals surface area contributed by atoms with Crippen LogP contribution in [0.25, 0.3) is 0 Å². The van der Waals surface area contributed by atoms with Crippen molar-refractivity contribution in [2.75, 3.05) is 20.1 Å². The molecule has 1 spiro atoms. The smallest absolute Gasteiger partial charge is 0.230 e. The lowest BCUT2D eigenvalue weighted by atomic mass is 9.82. The van der Waals surface area contributed by atoms with Gasteiger partial charge in [0.15, 0.2) is 0 Å². The molecule has 1 N–H and O–H groups in total. The van der Waals surface area contributed by atoms with Gasteiger partial charge in [-0.25, -0.2) is 0 Å². The number of amides is 1. The molecule has 0 aromatic carbocycles. The zero-order valence-corrected chi connectivity index (χ0v) is 9.34. The second kappa shape index (κ2) is 3.23. The van der Waals surface area contributed by atoms with Crippen molar-refractivity contribution >= 4 is 5.91 Å². The summed E-state index contributed by atoms with van der Waals surface area (Å²) in [5.74, 6) is 0.935. The monoisotopic (exact) mass is 196 g/mol. The average Bonchev–Trinajstić information content (AvgIpc) is 2.68. The summed E-state index contributed by atoms with van der Waals surface area (Å²) in [4.78, 5) is 14.1. The summed E-state index contributed by atoms with van der Waals surface area (Å²) in [6, 6.07) is 0.447. The normalized spacial score (nSPS) is 37.9. The van der Waals surface area contributed by atoms with Gasteiger partial charge in [0.05, 0.1) is 5.41 Å². The Morgan fingerprint density at radius 2 is 2.29 bits per heavy atom. The molecule has 2 fully saturated rings. The fraction of sp³-hybridized carbons (Fsp3) is 0.909. The van der Waals surface area contributed by atoms with Gasteiger partial charge in [-0.05, 0) is 25.3 Å². The molecule has 2 heterocycles. The first-order chi connectivity index (χ1) is 6.57. The van der Waals surface area contributed by atoms with Gasteiger partial charge in [0.1, 0.15) is 0 Å². The van der Waals surface area contributed by atoms with E-state index in [1.54, 1.807) is 0 Å². The molecule has 2 unspecified atom stereocenters. The summed E-state index contributed by atoms with van der Waals surface area (Å²) >= 11 is 0. The highest BCUT2D eigenvalue weighted by atomic mass is 16.2. The minimum Gasteiger partial charge on any atom is -0.342 e. The SMILES string of the molecule is CC(C)C1CC2(CCNC2)C(=O)N1C. The van der Waals surface area contributed by atoms with E-state index in [4.69, 9.17) is 0 Å². The maximum atomic E-state index is 12.1. The van der Waals surface area contributed by atoms with Crippen molar-refractivity contribution < 1.29 is 4.79 Å². The zero-order chi connectivity index (χ0) is 10.3. The Morgan fingerprint density at radius 3 is 2.71 bits per heavy atom. The first-order valence-electron chi connectivity index (χ1n) is 5.55. The molecule has 2 aliphatic heterocycles. The molecule has 0 bridgehead atoms. The minimum atomic E-state index is -0.0519. The first-order valence-corrected chi connectivity index (χ1v) is 5.55. The maximum Gasteiger partial charge on any atom is 0.230 e. The van der Waals surface area contributed by atoms with Crippen molar-refractivity contribution in [2.45, 2.75) is 32.7 Å². The molecule has 2 saturated heterocycles. The van der Waals surface area contributed by atoms with Crippen LogP contribution in [0.1, 0.15) is 26.7 Å². The molecule has 2 aliphatic rings. The second-order valence-electron chi connectivity index (χ2n) is 5.14. The third kappa shape index (κ3) is 1.26. The summed E-state index contributed by atoms with van der Waals surface area (Å²) in [5.41, 5.74) is -0.0519. The van der Waals surface area contributed by atoms with Crippen LogP contribution in [0.15, 0.2) is 0 Å². The predicted molar refractivity (Wildman–Crippen MR) is 55.9 cm³/mol. The van der Waals surface area contributed by atoms with Gasteiger partial charge in [-0.3, -0.25) is 4.79 Å². The summed E-state index contributed by atoms with van der Waals surface area (Å²) in [6.45, 7) is 6.30. The quantitative estimate of drug-likeness (QED) is 0.674. The predicted octanol–water partition coefficient (Wildman–Crippen LogP) is 0.853. The highest BCUT2D eigenvalue weighted by Crippen LogP contribution is 2.42. The Kier molecular flexibility index (Phi) is 2.30. The van der Waals surface area contributed by atoms with Crippen molar-refractivity contribution in [2.24, 2.45) is 11.3 Å². The summed E-state index contributed by atoms with van der Waals surface area (Å²) < 4.78 is 0. The summed E-state index contributed by atoms with van der Waals surface area (Å²) in [7, 11) is 1.96. The van der Waals surface area contributed by atoms with Gasteiger partial charge in [0, 0.05) is 19.6 Å². The van der Waals surface area contributed by atoms with E-state index < -0.39 is 0 Å². The van der Waals surface area contributed by atoms with Crippen LogP contribution in [-0.4, -0.2) is 37.0 Å². The molecule has 0 aliphatic carbocycles. The van der Waals surface area contributed by atoms with Crippen LogP contribution in [0.2, 0.25) is 0 Å². The molecule has 2 rings (SSSR count). The second-order valence-corrected chi connectivity index (χ2v) is 5.14. The van der Waals surface area contributed by atoms with Crippen LogP contribution < -0.4 is 5.32 Å². The van der Waals surface area contributed by atoms with E-state index in [1.165, 1.54) is 0 Å². The number of nitrogens with zero attached hydrogens (tertiary/aromatic N) is 1. The molecule has 0 saturated carbocycles. The van der Waals surface area contributed by atoms with E-state index in [0.717, 1.165) is 25.9 Å². The van der Waals surface area contributed by atoms with E-state index in [0.29, 0.717) is 17.9 Å². The summed E-state index contributed by atoms with van der Waals surface area (Å²) in [5, 5.41) is 3.32. The fourth-order valence-corrected chi connectivity index (χ4v) is 2.93. The van der Waals surface area contributed by atoms with Gasteiger partial charge in [0.2, 0.25) is 5.91 Å². The van der Waals surface area contributed by atoms with Gasteiger partial charge in [-0.15, -0.1) is 0 Å². The van der Waals surface area contributed by atoms with Gasteiger partial charge < -0.3 is 10.2 Å². The lowest BCUT2D eigenvalue weighted by Crippen LogP contribution is -2.36. The third-order valence-corrected chi connectivity index (χ3v) is 3.88. The molecule has 14 heavy (non-hydrogen) atoms. The molecular formula is C11H20N2O. The molecule has 0 radical (unpaired) electrons. The number of likely N-dealkylation sites (tertiary alicyclic amines) is 1. The van der Waals surface area contributed by atoms with Crippen LogP contribution in [0.4, 0.5) is 0 Å². The maximum absolute atomic E-state index is 12.1. The lowest BCUT2D eigenvalue weighted by molar-refractivity contribution is -0.135. The number of carbonyl (C=O) groups excluding carboxylic acids is 1. The molecule has 1 amide bonds. The van der Waals surface area contributed by atoms with Crippen LogP contribution in [0.3, 0.4) is 0 Å². The van der Waals surface area contributed by atoms with Crippen LogP contribution in [0.5, 0.6) is 0 Å². The zero-order valence-electron chi connectivity index (χ0n) is 9.34. The molecular weight excluding hydrogens is 176 g/mol. The Hall–Kier alpha value is -0.570. The molecule has 2 atom stereocenters. The molecule has 0 aromatic rings. The minimum absolute atomic E-state index is 0.0519. The Balaban J connectivity index is 2.20. The van der Waals surface area contributed by atoms with Crippen molar-refractivity contribution in [1.29, 1.82) is 0 Å². The third-order valence-electron chi connectivity index (χ3n) is 3.88. The van der Waals surface area contributed by atoms with Crippen LogP contribution in [-0.2, 0) is 4.79 Å².